The number of fused-ring (bicyclic) bond motifs is 1. The van der Waals surface area contributed by atoms with Gasteiger partial charge in [-0.05, 0) is 30.9 Å². The third-order valence-corrected chi connectivity index (χ3v) is 4.45. The minimum Gasteiger partial charge on any atom is -0.306 e. The molecule has 2 heterocycles. The molecule has 5 heteroatoms. The number of hydrogen-bond donors (Lipinski definition) is 1. The molecule has 0 radical (unpaired) electrons. The molecule has 0 aromatic carbocycles. The van der Waals surface area contributed by atoms with Gasteiger partial charge in [-0.2, -0.15) is 0 Å². The molecule has 0 spiro atoms. The van der Waals surface area contributed by atoms with Crippen LogP contribution in [0.3, 0.4) is 0 Å². The van der Waals surface area contributed by atoms with Gasteiger partial charge < -0.3 is 5.32 Å². The summed E-state index contributed by atoms with van der Waals surface area (Å²) in [5, 5.41) is 11.2. The Hall–Kier alpha value is -1.20. The molecule has 0 fully saturated rings. The van der Waals surface area contributed by atoms with Crippen LogP contribution in [0, 0.1) is 0 Å². The number of thiophene rings is 1. The van der Waals surface area contributed by atoms with E-state index >= 15 is 0 Å². The number of hydrogen-bond acceptors (Lipinski definition) is 4. The van der Waals surface area contributed by atoms with Gasteiger partial charge in [-0.1, -0.05) is 5.21 Å². The van der Waals surface area contributed by atoms with E-state index < -0.39 is 0 Å². The van der Waals surface area contributed by atoms with E-state index in [1.807, 2.05) is 18.4 Å². The maximum absolute atomic E-state index is 3.91. The molecule has 0 amide bonds. The first-order valence-corrected chi connectivity index (χ1v) is 6.79. The molecule has 1 N–H and O–H groups in total. The molecule has 90 valence electrons. The molecule has 0 atom stereocenters. The second-order valence-electron chi connectivity index (χ2n) is 4.47. The number of aromatic nitrogens is 3. The van der Waals surface area contributed by atoms with Crippen molar-refractivity contribution in [2.75, 3.05) is 0 Å². The summed E-state index contributed by atoms with van der Waals surface area (Å²) in [4.78, 5) is 3.05. The Morgan fingerprint density at radius 2 is 2.35 bits per heavy atom. The van der Waals surface area contributed by atoms with Crippen molar-refractivity contribution in [1.82, 2.24) is 20.3 Å². The van der Waals surface area contributed by atoms with Gasteiger partial charge in [0.1, 0.15) is 0 Å². The lowest BCUT2D eigenvalue weighted by molar-refractivity contribution is 0.619. The first kappa shape index (κ1) is 10.9. The van der Waals surface area contributed by atoms with Crippen molar-refractivity contribution in [3.63, 3.8) is 0 Å². The summed E-state index contributed by atoms with van der Waals surface area (Å²) in [6, 6.07) is 2.36. The predicted octanol–water partition coefficient (Wildman–Crippen LogP) is 1.66. The Labute approximate surface area is 105 Å². The van der Waals surface area contributed by atoms with Gasteiger partial charge in [0, 0.05) is 29.9 Å². The monoisotopic (exact) mass is 248 g/mol. The maximum Gasteiger partial charge on any atom is 0.0738 e. The van der Waals surface area contributed by atoms with Crippen LogP contribution >= 0.6 is 11.3 Å². The van der Waals surface area contributed by atoms with Crippen LogP contribution in [0.4, 0.5) is 0 Å². The van der Waals surface area contributed by atoms with Gasteiger partial charge in [-0.3, -0.25) is 4.68 Å². The zero-order valence-corrected chi connectivity index (χ0v) is 10.8. The normalized spacial score (nSPS) is 14.2. The molecule has 0 bridgehead atoms. The molecular formula is C12H16N4S. The van der Waals surface area contributed by atoms with Crippen LogP contribution in [0.25, 0.3) is 0 Å². The lowest BCUT2D eigenvalue weighted by atomic mass is 10.2. The predicted molar refractivity (Wildman–Crippen MR) is 67.9 cm³/mol. The number of nitrogens with one attached hydrogen (secondary N) is 1. The molecule has 1 aliphatic rings. The standard InChI is InChI=1S/C12H16N4S/c1-16-10(7-14-15-16)6-13-8-11-5-9-3-2-4-12(9)17-11/h5,7,13H,2-4,6,8H2,1H3. The van der Waals surface area contributed by atoms with E-state index in [2.05, 4.69) is 21.7 Å². The lowest BCUT2D eigenvalue weighted by Crippen LogP contribution is -2.14. The van der Waals surface area contributed by atoms with Gasteiger partial charge in [-0.15, -0.1) is 16.4 Å². The highest BCUT2D eigenvalue weighted by atomic mass is 32.1. The number of nitrogens with zero attached hydrogens (tertiary/aromatic N) is 3. The van der Waals surface area contributed by atoms with E-state index in [1.54, 1.807) is 21.3 Å². The van der Waals surface area contributed by atoms with Gasteiger partial charge in [0.25, 0.3) is 0 Å². The molecule has 3 rings (SSSR count). The molecule has 2 aromatic rings. The van der Waals surface area contributed by atoms with E-state index in [0.29, 0.717) is 0 Å². The van der Waals surface area contributed by atoms with Crippen molar-refractivity contribution in [2.45, 2.75) is 32.4 Å². The van der Waals surface area contributed by atoms with Gasteiger partial charge in [-0.25, -0.2) is 0 Å². The largest absolute Gasteiger partial charge is 0.306 e. The lowest BCUT2D eigenvalue weighted by Gasteiger charge is -2.02. The minimum atomic E-state index is 0.825. The fourth-order valence-electron chi connectivity index (χ4n) is 2.26. The first-order chi connectivity index (χ1) is 8.33. The fraction of sp³-hybridized carbons (Fsp3) is 0.500. The van der Waals surface area contributed by atoms with Crippen LogP contribution in [-0.4, -0.2) is 15.0 Å². The van der Waals surface area contributed by atoms with Crippen LogP contribution in [-0.2, 0) is 33.0 Å². The average molecular weight is 248 g/mol. The van der Waals surface area contributed by atoms with E-state index in [-0.39, 0.29) is 0 Å². The van der Waals surface area contributed by atoms with Crippen molar-refractivity contribution in [1.29, 1.82) is 0 Å². The van der Waals surface area contributed by atoms with E-state index in [0.717, 1.165) is 18.8 Å². The summed E-state index contributed by atoms with van der Waals surface area (Å²) in [6.07, 6.45) is 5.71. The molecule has 0 unspecified atom stereocenters. The van der Waals surface area contributed by atoms with E-state index in [9.17, 15) is 0 Å². The van der Waals surface area contributed by atoms with Crippen molar-refractivity contribution < 1.29 is 0 Å². The SMILES string of the molecule is Cn1nncc1CNCc1cc2c(s1)CCC2. The maximum atomic E-state index is 3.91. The molecule has 1 aliphatic carbocycles. The number of aryl methyl sites for hydroxylation is 3. The Kier molecular flexibility index (Phi) is 2.94. The summed E-state index contributed by atoms with van der Waals surface area (Å²) in [5.41, 5.74) is 2.70. The Balaban J connectivity index is 1.56. The second-order valence-corrected chi connectivity index (χ2v) is 5.69. The summed E-state index contributed by atoms with van der Waals surface area (Å²) >= 11 is 1.96. The molecular weight excluding hydrogens is 232 g/mol. The summed E-state index contributed by atoms with van der Waals surface area (Å²) in [6.45, 7) is 1.77. The van der Waals surface area contributed by atoms with E-state index in [1.165, 1.54) is 24.1 Å². The highest BCUT2D eigenvalue weighted by molar-refractivity contribution is 7.12. The molecule has 17 heavy (non-hydrogen) atoms. The van der Waals surface area contributed by atoms with Crippen LogP contribution in [0.2, 0.25) is 0 Å². The van der Waals surface area contributed by atoms with Crippen molar-refractivity contribution in [3.05, 3.63) is 33.3 Å². The van der Waals surface area contributed by atoms with Crippen molar-refractivity contribution in [2.24, 2.45) is 7.05 Å². The average Bonchev–Trinajstić information content (AvgIpc) is 2.95. The van der Waals surface area contributed by atoms with Gasteiger partial charge in [0.15, 0.2) is 0 Å². The van der Waals surface area contributed by atoms with E-state index in [4.69, 9.17) is 0 Å². The van der Waals surface area contributed by atoms with Gasteiger partial charge in [0.05, 0.1) is 11.9 Å². The molecule has 0 aliphatic heterocycles. The third-order valence-electron chi connectivity index (χ3n) is 3.21. The van der Waals surface area contributed by atoms with Crippen LogP contribution in [0.1, 0.15) is 27.4 Å². The molecule has 4 nitrogen and oxygen atoms in total. The van der Waals surface area contributed by atoms with Crippen molar-refractivity contribution >= 4 is 11.3 Å². The zero-order chi connectivity index (χ0) is 11.7. The summed E-state index contributed by atoms with van der Waals surface area (Å²) in [5.74, 6) is 0. The molecule has 2 aromatic heterocycles. The Bertz CT molecular complexity index is 493. The fourth-order valence-corrected chi connectivity index (χ4v) is 3.49. The zero-order valence-electron chi connectivity index (χ0n) is 9.94. The number of rotatable bonds is 4. The molecule has 0 saturated carbocycles. The minimum absolute atomic E-state index is 0.825. The molecule has 0 saturated heterocycles. The second kappa shape index (κ2) is 4.58. The topological polar surface area (TPSA) is 42.7 Å². The Morgan fingerprint density at radius 1 is 1.41 bits per heavy atom. The quantitative estimate of drug-likeness (QED) is 0.894. The highest BCUT2D eigenvalue weighted by Gasteiger charge is 2.14. The summed E-state index contributed by atoms with van der Waals surface area (Å²) < 4.78 is 1.81. The van der Waals surface area contributed by atoms with Crippen LogP contribution in [0.15, 0.2) is 12.3 Å². The van der Waals surface area contributed by atoms with Gasteiger partial charge in [0.2, 0.25) is 0 Å². The third kappa shape index (κ3) is 2.25. The first-order valence-electron chi connectivity index (χ1n) is 5.97. The van der Waals surface area contributed by atoms with Crippen LogP contribution in [0.5, 0.6) is 0 Å². The highest BCUT2D eigenvalue weighted by Crippen LogP contribution is 2.30. The Morgan fingerprint density at radius 3 is 3.12 bits per heavy atom. The summed E-state index contributed by atoms with van der Waals surface area (Å²) in [7, 11) is 1.92. The smallest absolute Gasteiger partial charge is 0.0738 e. The van der Waals surface area contributed by atoms with Crippen LogP contribution < -0.4 is 5.32 Å². The van der Waals surface area contributed by atoms with Crippen molar-refractivity contribution in [3.8, 4) is 0 Å². The van der Waals surface area contributed by atoms with Gasteiger partial charge >= 0.3 is 0 Å².